The van der Waals surface area contributed by atoms with E-state index >= 15 is 0 Å². The molecule has 0 spiro atoms. The molecule has 2 atom stereocenters. The third kappa shape index (κ3) is 3.43. The van der Waals surface area contributed by atoms with Crippen molar-refractivity contribution in [2.24, 2.45) is 5.92 Å². The lowest BCUT2D eigenvalue weighted by Gasteiger charge is -2.25. The Labute approximate surface area is 132 Å². The molecule has 116 valence electrons. The molecule has 2 rings (SSSR count). The topological polar surface area (TPSA) is 32.3 Å². The van der Waals surface area contributed by atoms with Crippen LogP contribution in [-0.4, -0.2) is 35.4 Å². The summed E-state index contributed by atoms with van der Waals surface area (Å²) in [5.41, 5.74) is 3.73. The van der Waals surface area contributed by atoms with E-state index in [1.807, 2.05) is 4.90 Å². The van der Waals surface area contributed by atoms with Gasteiger partial charge in [0.1, 0.15) is 6.17 Å². The Kier molecular flexibility index (Phi) is 5.33. The Hall–Kier alpha value is -1.00. The van der Waals surface area contributed by atoms with Crippen molar-refractivity contribution in [3.63, 3.8) is 0 Å². The molecule has 1 saturated heterocycles. The summed E-state index contributed by atoms with van der Waals surface area (Å²) >= 11 is 1.78. The number of thioether (sulfide) groups is 1. The zero-order valence-electron chi connectivity index (χ0n) is 13.6. The van der Waals surface area contributed by atoms with E-state index in [1.165, 1.54) is 16.7 Å². The maximum atomic E-state index is 12.7. The van der Waals surface area contributed by atoms with Crippen molar-refractivity contribution in [2.75, 3.05) is 18.6 Å². The first-order valence-corrected chi connectivity index (χ1v) is 8.97. The van der Waals surface area contributed by atoms with Gasteiger partial charge in [-0.2, -0.15) is 11.8 Å². The van der Waals surface area contributed by atoms with Crippen LogP contribution in [0.5, 0.6) is 0 Å². The summed E-state index contributed by atoms with van der Waals surface area (Å²) < 4.78 is 0. The Morgan fingerprint density at radius 2 is 2.05 bits per heavy atom. The van der Waals surface area contributed by atoms with Crippen LogP contribution in [0.15, 0.2) is 18.2 Å². The Morgan fingerprint density at radius 1 is 1.33 bits per heavy atom. The van der Waals surface area contributed by atoms with Gasteiger partial charge in [-0.05, 0) is 37.1 Å². The van der Waals surface area contributed by atoms with Crippen LogP contribution in [0.25, 0.3) is 0 Å². The predicted octanol–water partition coefficient (Wildman–Crippen LogP) is 3.12. The quantitative estimate of drug-likeness (QED) is 0.907. The highest BCUT2D eigenvalue weighted by Gasteiger charge is 2.40. The van der Waals surface area contributed by atoms with Crippen molar-refractivity contribution in [3.05, 3.63) is 34.9 Å². The van der Waals surface area contributed by atoms with Gasteiger partial charge in [-0.25, -0.2) is 0 Å². The molecule has 1 aliphatic rings. The predicted molar refractivity (Wildman–Crippen MR) is 90.5 cm³/mol. The molecular formula is C17H26N2OS. The third-order valence-corrected chi connectivity index (χ3v) is 4.71. The maximum absolute atomic E-state index is 12.7. The maximum Gasteiger partial charge on any atom is 0.241 e. The molecule has 1 aromatic rings. The van der Waals surface area contributed by atoms with E-state index in [2.05, 4.69) is 57.5 Å². The first-order chi connectivity index (χ1) is 9.95. The number of benzene rings is 1. The zero-order valence-corrected chi connectivity index (χ0v) is 14.5. The summed E-state index contributed by atoms with van der Waals surface area (Å²) in [6.07, 6.45) is 2.10. The number of carbonyl (C=O) groups excluding carboxylic acids is 1. The lowest BCUT2D eigenvalue weighted by atomic mass is 10.0. The standard InChI is InChI=1S/C17H26N2OS/c1-11(2)15-17(20)19(8-9-21-5)16(18-15)14-7-6-12(3)10-13(14)4/h6-7,10-11,15-16,18H,8-9H2,1-5H3. The van der Waals surface area contributed by atoms with Gasteiger partial charge < -0.3 is 4.90 Å². The van der Waals surface area contributed by atoms with Gasteiger partial charge in [0.05, 0.1) is 6.04 Å². The Bertz CT molecular complexity index is 516. The average molecular weight is 306 g/mol. The van der Waals surface area contributed by atoms with Crippen LogP contribution in [0.3, 0.4) is 0 Å². The van der Waals surface area contributed by atoms with Crippen LogP contribution in [0.2, 0.25) is 0 Å². The molecule has 2 unspecified atom stereocenters. The van der Waals surface area contributed by atoms with Crippen LogP contribution >= 0.6 is 11.8 Å². The molecule has 0 bridgehead atoms. The lowest BCUT2D eigenvalue weighted by Crippen LogP contribution is -2.35. The van der Waals surface area contributed by atoms with Crippen molar-refractivity contribution in [3.8, 4) is 0 Å². The number of aryl methyl sites for hydroxylation is 2. The van der Waals surface area contributed by atoms with Crippen molar-refractivity contribution < 1.29 is 4.79 Å². The number of nitrogens with one attached hydrogen (secondary N) is 1. The van der Waals surface area contributed by atoms with Crippen molar-refractivity contribution in [1.29, 1.82) is 0 Å². The average Bonchev–Trinajstić information content (AvgIpc) is 2.74. The molecule has 21 heavy (non-hydrogen) atoms. The fourth-order valence-corrected chi connectivity index (χ4v) is 3.31. The molecule has 0 radical (unpaired) electrons. The SMILES string of the molecule is CSCCN1C(=O)C(C(C)C)NC1c1ccc(C)cc1C. The monoisotopic (exact) mass is 306 g/mol. The number of carbonyl (C=O) groups is 1. The highest BCUT2D eigenvalue weighted by molar-refractivity contribution is 7.98. The van der Waals surface area contributed by atoms with Gasteiger partial charge in [-0.3, -0.25) is 10.1 Å². The number of hydrogen-bond donors (Lipinski definition) is 1. The number of nitrogens with zero attached hydrogens (tertiary/aromatic N) is 1. The summed E-state index contributed by atoms with van der Waals surface area (Å²) in [4.78, 5) is 14.7. The van der Waals surface area contributed by atoms with Crippen LogP contribution in [-0.2, 0) is 4.79 Å². The summed E-state index contributed by atoms with van der Waals surface area (Å²) in [6.45, 7) is 9.24. The second kappa shape index (κ2) is 6.84. The van der Waals surface area contributed by atoms with E-state index in [4.69, 9.17) is 0 Å². The smallest absolute Gasteiger partial charge is 0.241 e. The molecule has 1 aromatic carbocycles. The third-order valence-electron chi connectivity index (χ3n) is 4.12. The minimum atomic E-state index is -0.0717. The van der Waals surface area contributed by atoms with Crippen LogP contribution in [0, 0.1) is 19.8 Å². The second-order valence-electron chi connectivity index (χ2n) is 6.18. The second-order valence-corrected chi connectivity index (χ2v) is 7.16. The fourth-order valence-electron chi connectivity index (χ4n) is 2.93. The van der Waals surface area contributed by atoms with Gasteiger partial charge in [0.15, 0.2) is 0 Å². The normalized spacial score (nSPS) is 22.4. The number of amides is 1. The van der Waals surface area contributed by atoms with Gasteiger partial charge in [-0.15, -0.1) is 0 Å². The molecule has 0 saturated carbocycles. The highest BCUT2D eigenvalue weighted by Crippen LogP contribution is 2.30. The fraction of sp³-hybridized carbons (Fsp3) is 0.588. The summed E-state index contributed by atoms with van der Waals surface area (Å²) in [7, 11) is 0. The number of rotatable bonds is 5. The van der Waals surface area contributed by atoms with Gasteiger partial charge in [0, 0.05) is 12.3 Å². The largest absolute Gasteiger partial charge is 0.321 e. The van der Waals surface area contributed by atoms with E-state index < -0.39 is 0 Å². The molecule has 1 amide bonds. The van der Waals surface area contributed by atoms with Crippen molar-refractivity contribution >= 4 is 17.7 Å². The molecule has 0 aliphatic carbocycles. The first kappa shape index (κ1) is 16.4. The summed E-state index contributed by atoms with van der Waals surface area (Å²) in [5, 5.41) is 3.54. The Morgan fingerprint density at radius 3 is 2.62 bits per heavy atom. The molecule has 1 fully saturated rings. The minimum absolute atomic E-state index is 0.0117. The molecule has 3 nitrogen and oxygen atoms in total. The van der Waals surface area contributed by atoms with Gasteiger partial charge in [0.2, 0.25) is 5.91 Å². The van der Waals surface area contributed by atoms with E-state index in [0.29, 0.717) is 5.92 Å². The number of hydrogen-bond acceptors (Lipinski definition) is 3. The minimum Gasteiger partial charge on any atom is -0.321 e. The molecule has 1 aliphatic heterocycles. The molecular weight excluding hydrogens is 280 g/mol. The van der Waals surface area contributed by atoms with E-state index in [1.54, 1.807) is 11.8 Å². The van der Waals surface area contributed by atoms with Gasteiger partial charge in [0.25, 0.3) is 0 Å². The van der Waals surface area contributed by atoms with E-state index in [0.717, 1.165) is 12.3 Å². The van der Waals surface area contributed by atoms with E-state index in [9.17, 15) is 4.79 Å². The first-order valence-electron chi connectivity index (χ1n) is 7.58. The molecule has 4 heteroatoms. The zero-order chi connectivity index (χ0) is 15.6. The molecule has 0 aromatic heterocycles. The van der Waals surface area contributed by atoms with Gasteiger partial charge >= 0.3 is 0 Å². The van der Waals surface area contributed by atoms with Crippen LogP contribution in [0.4, 0.5) is 0 Å². The van der Waals surface area contributed by atoms with E-state index in [-0.39, 0.29) is 18.1 Å². The summed E-state index contributed by atoms with van der Waals surface area (Å²) in [6, 6.07) is 6.41. The van der Waals surface area contributed by atoms with Crippen LogP contribution in [0.1, 0.15) is 36.7 Å². The summed E-state index contributed by atoms with van der Waals surface area (Å²) in [5.74, 6) is 1.52. The Balaban J connectivity index is 2.32. The van der Waals surface area contributed by atoms with Crippen molar-refractivity contribution in [1.82, 2.24) is 10.2 Å². The highest BCUT2D eigenvalue weighted by atomic mass is 32.2. The molecule has 1 heterocycles. The van der Waals surface area contributed by atoms with Gasteiger partial charge in [-0.1, -0.05) is 37.6 Å². The van der Waals surface area contributed by atoms with Crippen LogP contribution < -0.4 is 5.32 Å². The lowest BCUT2D eigenvalue weighted by molar-refractivity contribution is -0.130. The van der Waals surface area contributed by atoms with Crippen molar-refractivity contribution in [2.45, 2.75) is 39.9 Å². The molecule has 1 N–H and O–H groups in total.